The van der Waals surface area contributed by atoms with Crippen molar-refractivity contribution in [3.8, 4) is 0 Å². The van der Waals surface area contributed by atoms with Crippen molar-refractivity contribution in [2.24, 2.45) is 0 Å². The van der Waals surface area contributed by atoms with Crippen LogP contribution in [0.25, 0.3) is 0 Å². The molecule has 75 heavy (non-hydrogen) atoms. The number of hydrogen-bond donors (Lipinski definition) is 0. The molecule has 0 aromatic rings. The first kappa shape index (κ1) is 79.1. The van der Waals surface area contributed by atoms with E-state index in [1.165, 1.54) is 411 Å². The van der Waals surface area contributed by atoms with Crippen LogP contribution in [0.4, 0.5) is 0 Å². The Hall–Kier alpha value is -0.120. The number of ether oxygens (including phenoxy) is 2. The lowest BCUT2D eigenvalue weighted by Crippen LogP contribution is -1.97. The van der Waals surface area contributed by atoms with Crippen molar-refractivity contribution in [3.05, 3.63) is 0 Å². The zero-order valence-corrected chi connectivity index (χ0v) is 53.4. The van der Waals surface area contributed by atoms with Crippen molar-refractivity contribution >= 4 is 0 Å². The van der Waals surface area contributed by atoms with Crippen LogP contribution in [0.1, 0.15) is 439 Å². The van der Waals surface area contributed by atoms with Crippen LogP contribution in [0, 0.1) is 0 Å². The summed E-state index contributed by atoms with van der Waals surface area (Å²) in [6.07, 6.45) is 92.1. The number of hydrogen-bond acceptors (Lipinski definition) is 2. The average Bonchev–Trinajstić information content (AvgIpc) is 3.41. The molecule has 0 bridgehead atoms. The van der Waals surface area contributed by atoms with Crippen LogP contribution in [0.2, 0.25) is 0 Å². The molecule has 0 atom stereocenters. The van der Waals surface area contributed by atoms with Gasteiger partial charge in [0.25, 0.3) is 0 Å². The van der Waals surface area contributed by atoms with Gasteiger partial charge in [-0.15, -0.1) is 0 Å². The Kier molecular flexibility index (Phi) is 84.8. The standard InChI is InChI=1S/2C36H74O.H2O/c2*1-3-5-7-9-11-13-15-17-19-21-23-25-27-29-31-33-35-37-36-34-32-30-28-26-24-22-20-18-16-14-12-10-8-6-4-2;/h2*3-36H2,1-2H3;1H2. The van der Waals surface area contributed by atoms with Gasteiger partial charge in [-0.3, -0.25) is 0 Å². The van der Waals surface area contributed by atoms with Crippen molar-refractivity contribution < 1.29 is 14.9 Å². The van der Waals surface area contributed by atoms with E-state index in [-0.39, 0.29) is 5.48 Å². The van der Waals surface area contributed by atoms with Gasteiger partial charge in [0.1, 0.15) is 0 Å². The quantitative estimate of drug-likeness (QED) is 0.0570. The Morgan fingerprint density at radius 2 is 0.200 bits per heavy atom. The van der Waals surface area contributed by atoms with Gasteiger partial charge in [0, 0.05) is 26.4 Å². The molecule has 0 aliphatic heterocycles. The predicted octanol–water partition coefficient (Wildman–Crippen LogP) is 26.2. The Balaban J connectivity index is -0.00000136. The Labute approximate surface area is 477 Å². The molecule has 0 saturated carbocycles. The van der Waals surface area contributed by atoms with Crippen LogP contribution in [0.15, 0.2) is 0 Å². The molecule has 0 saturated heterocycles. The summed E-state index contributed by atoms with van der Waals surface area (Å²) in [4.78, 5) is 0. The second kappa shape index (κ2) is 80.4. The van der Waals surface area contributed by atoms with E-state index in [2.05, 4.69) is 27.7 Å². The molecular weight excluding hydrogens is 913 g/mol. The predicted molar refractivity (Wildman–Crippen MR) is 343 cm³/mol. The summed E-state index contributed by atoms with van der Waals surface area (Å²) in [5.74, 6) is 0. The van der Waals surface area contributed by atoms with Crippen molar-refractivity contribution in [1.29, 1.82) is 0 Å². The summed E-state index contributed by atoms with van der Waals surface area (Å²) in [6.45, 7) is 13.2. The molecule has 0 heterocycles. The molecule has 3 nitrogen and oxygen atoms in total. The van der Waals surface area contributed by atoms with E-state index in [9.17, 15) is 0 Å². The van der Waals surface area contributed by atoms with E-state index in [4.69, 9.17) is 9.47 Å². The van der Waals surface area contributed by atoms with Gasteiger partial charge >= 0.3 is 0 Å². The molecule has 0 unspecified atom stereocenters. The number of unbranched alkanes of at least 4 members (excludes halogenated alkanes) is 60. The SMILES string of the molecule is CCCCCCCCCCCCCCCCCCOCCCCCCCCCCCCCCCCCC.CCCCCCCCCCCCCCCCCCOCCCCCCCCCCCCCCCCCC.O. The second-order valence-electron chi connectivity index (χ2n) is 24.4. The van der Waals surface area contributed by atoms with E-state index in [0.717, 1.165) is 26.4 Å². The molecule has 0 aromatic heterocycles. The maximum absolute atomic E-state index is 5.87. The first-order valence-electron chi connectivity index (χ1n) is 36.0. The van der Waals surface area contributed by atoms with E-state index in [1.54, 1.807) is 0 Å². The molecule has 0 spiro atoms. The normalized spacial score (nSPS) is 11.4. The topological polar surface area (TPSA) is 50.0 Å². The molecule has 0 aliphatic rings. The lowest BCUT2D eigenvalue weighted by atomic mass is 10.0. The van der Waals surface area contributed by atoms with E-state index in [0.29, 0.717) is 0 Å². The Morgan fingerprint density at radius 1 is 0.120 bits per heavy atom. The largest absolute Gasteiger partial charge is 0.412 e. The van der Waals surface area contributed by atoms with Gasteiger partial charge in [0.05, 0.1) is 0 Å². The van der Waals surface area contributed by atoms with Gasteiger partial charge in [0.2, 0.25) is 0 Å². The van der Waals surface area contributed by atoms with Gasteiger partial charge in [-0.1, -0.05) is 413 Å². The Morgan fingerprint density at radius 3 is 0.293 bits per heavy atom. The minimum Gasteiger partial charge on any atom is -0.412 e. The summed E-state index contributed by atoms with van der Waals surface area (Å²) in [6, 6.07) is 0. The lowest BCUT2D eigenvalue weighted by Gasteiger charge is -2.06. The Bertz CT molecular complexity index is 738. The minimum atomic E-state index is 0. The third-order valence-electron chi connectivity index (χ3n) is 16.6. The third kappa shape index (κ3) is 82.8. The molecule has 3 heteroatoms. The van der Waals surface area contributed by atoms with Crippen LogP contribution in [0.5, 0.6) is 0 Å². The molecule has 456 valence electrons. The maximum atomic E-state index is 5.87. The average molecular weight is 1060 g/mol. The molecule has 0 aliphatic carbocycles. The molecule has 2 N–H and O–H groups in total. The van der Waals surface area contributed by atoms with Crippen LogP contribution in [-0.2, 0) is 9.47 Å². The van der Waals surface area contributed by atoms with Gasteiger partial charge in [-0.2, -0.15) is 0 Å². The molecule has 0 radical (unpaired) electrons. The molecule has 0 aromatic carbocycles. The summed E-state index contributed by atoms with van der Waals surface area (Å²) in [5.41, 5.74) is 0. The van der Waals surface area contributed by atoms with Gasteiger partial charge in [-0.25, -0.2) is 0 Å². The van der Waals surface area contributed by atoms with Crippen molar-refractivity contribution in [2.45, 2.75) is 439 Å². The van der Waals surface area contributed by atoms with Gasteiger partial charge < -0.3 is 14.9 Å². The fourth-order valence-corrected chi connectivity index (χ4v) is 11.2. The highest BCUT2D eigenvalue weighted by atomic mass is 16.5. The molecule has 0 amide bonds. The van der Waals surface area contributed by atoms with E-state index < -0.39 is 0 Å². The van der Waals surface area contributed by atoms with Crippen LogP contribution < -0.4 is 0 Å². The van der Waals surface area contributed by atoms with Crippen LogP contribution in [-0.4, -0.2) is 31.9 Å². The monoisotopic (exact) mass is 1060 g/mol. The summed E-state index contributed by atoms with van der Waals surface area (Å²) in [5, 5.41) is 0. The van der Waals surface area contributed by atoms with E-state index >= 15 is 0 Å². The van der Waals surface area contributed by atoms with Crippen molar-refractivity contribution in [3.63, 3.8) is 0 Å². The summed E-state index contributed by atoms with van der Waals surface area (Å²) in [7, 11) is 0. The van der Waals surface area contributed by atoms with Crippen molar-refractivity contribution in [2.75, 3.05) is 26.4 Å². The van der Waals surface area contributed by atoms with Gasteiger partial charge in [0.15, 0.2) is 0 Å². The maximum Gasteiger partial charge on any atom is 0.0466 e. The highest BCUT2D eigenvalue weighted by Crippen LogP contribution is 2.18. The summed E-state index contributed by atoms with van der Waals surface area (Å²) >= 11 is 0. The molecular formula is C72H150O3. The van der Waals surface area contributed by atoms with Crippen LogP contribution >= 0.6 is 0 Å². The highest BCUT2D eigenvalue weighted by Gasteiger charge is 2.00. The number of rotatable bonds is 68. The smallest absolute Gasteiger partial charge is 0.0466 e. The zero-order chi connectivity index (χ0) is 53.5. The van der Waals surface area contributed by atoms with E-state index in [1.807, 2.05) is 0 Å². The van der Waals surface area contributed by atoms with Crippen molar-refractivity contribution in [1.82, 2.24) is 0 Å². The fourth-order valence-electron chi connectivity index (χ4n) is 11.2. The second-order valence-corrected chi connectivity index (χ2v) is 24.4. The lowest BCUT2D eigenvalue weighted by molar-refractivity contribution is 0.125. The first-order chi connectivity index (χ1) is 36.8. The molecule has 0 fully saturated rings. The minimum absolute atomic E-state index is 0. The third-order valence-corrected chi connectivity index (χ3v) is 16.6. The summed E-state index contributed by atoms with van der Waals surface area (Å²) < 4.78 is 11.7. The van der Waals surface area contributed by atoms with Crippen LogP contribution in [0.3, 0.4) is 0 Å². The molecule has 0 rings (SSSR count). The first-order valence-corrected chi connectivity index (χ1v) is 36.0. The van der Waals surface area contributed by atoms with Gasteiger partial charge in [-0.05, 0) is 25.7 Å². The highest BCUT2D eigenvalue weighted by molar-refractivity contribution is 4.55. The zero-order valence-electron chi connectivity index (χ0n) is 53.4. The fraction of sp³-hybridized carbons (Fsp3) is 1.00.